The summed E-state index contributed by atoms with van der Waals surface area (Å²) < 4.78 is 0. The van der Waals surface area contributed by atoms with Gasteiger partial charge in [0.1, 0.15) is 0 Å². The van der Waals surface area contributed by atoms with Crippen molar-refractivity contribution < 1.29 is 0 Å². The number of para-hydroxylation sites is 4. The Morgan fingerprint density at radius 3 is 1.44 bits per heavy atom. The van der Waals surface area contributed by atoms with Gasteiger partial charge in [-0.2, -0.15) is 0 Å². The zero-order valence-electron chi connectivity index (χ0n) is 39.0. The van der Waals surface area contributed by atoms with Gasteiger partial charge in [0, 0.05) is 22.6 Å². The molecule has 0 atom stereocenters. The first-order valence-corrected chi connectivity index (χ1v) is 24.6. The van der Waals surface area contributed by atoms with Gasteiger partial charge in [0.25, 0.3) is 0 Å². The second kappa shape index (κ2) is 16.5. The van der Waals surface area contributed by atoms with Crippen molar-refractivity contribution in [3.8, 4) is 44.5 Å². The SMILES string of the molecule is c1ccc(N2c3ccccc3C3(c4ccccc4-c4ccc(N(c5ccc(-c6cccc7ccccc67)cc5)c5ccccc5-c5ccccc5-c5cccc6ccccc56)cc43)c3ccccc32)cc1. The molecular weight excluding hydrogens is 857 g/mol. The highest BCUT2D eigenvalue weighted by Crippen LogP contribution is 2.64. The highest BCUT2D eigenvalue weighted by molar-refractivity contribution is 6.04. The topological polar surface area (TPSA) is 6.48 Å². The van der Waals surface area contributed by atoms with E-state index in [1.54, 1.807) is 0 Å². The molecule has 1 aliphatic carbocycles. The Balaban J connectivity index is 1.02. The smallest absolute Gasteiger partial charge is 0.0755 e. The molecule has 2 aliphatic rings. The first kappa shape index (κ1) is 40.8. The van der Waals surface area contributed by atoms with Crippen molar-refractivity contribution in [2.45, 2.75) is 5.41 Å². The largest absolute Gasteiger partial charge is 0.310 e. The zero-order valence-corrected chi connectivity index (χ0v) is 39.0. The van der Waals surface area contributed by atoms with Crippen LogP contribution in [0.4, 0.5) is 34.1 Å². The average Bonchev–Trinajstić information content (AvgIpc) is 3.73. The molecule has 0 radical (unpaired) electrons. The third-order valence-corrected chi connectivity index (χ3v) is 15.1. The van der Waals surface area contributed by atoms with Gasteiger partial charge in [-0.25, -0.2) is 0 Å². The maximum absolute atomic E-state index is 2.51. The van der Waals surface area contributed by atoms with E-state index < -0.39 is 5.41 Å². The number of nitrogens with zero attached hydrogens (tertiary/aromatic N) is 2. The molecule has 0 fully saturated rings. The van der Waals surface area contributed by atoms with Crippen LogP contribution in [0, 0.1) is 0 Å². The monoisotopic (exact) mass is 902 g/mol. The van der Waals surface area contributed by atoms with E-state index in [1.165, 1.54) is 94.1 Å². The van der Waals surface area contributed by atoms with Crippen LogP contribution in [0.1, 0.15) is 22.3 Å². The molecule has 2 heteroatoms. The van der Waals surface area contributed by atoms with Crippen LogP contribution < -0.4 is 9.80 Å². The van der Waals surface area contributed by atoms with Gasteiger partial charge in [0.2, 0.25) is 0 Å². The maximum Gasteiger partial charge on any atom is 0.0755 e. The van der Waals surface area contributed by atoms with E-state index >= 15 is 0 Å². The molecule has 12 aromatic carbocycles. The molecule has 0 aromatic heterocycles. The summed E-state index contributed by atoms with van der Waals surface area (Å²) in [6.07, 6.45) is 0. The van der Waals surface area contributed by atoms with Crippen molar-refractivity contribution in [3.05, 3.63) is 301 Å². The maximum atomic E-state index is 2.51. The molecule has 14 rings (SSSR count). The molecule has 332 valence electrons. The third-order valence-electron chi connectivity index (χ3n) is 15.1. The van der Waals surface area contributed by atoms with E-state index in [0.717, 1.165) is 28.3 Å². The van der Waals surface area contributed by atoms with Gasteiger partial charge in [-0.05, 0) is 137 Å². The molecule has 12 aromatic rings. The molecule has 1 heterocycles. The van der Waals surface area contributed by atoms with Crippen LogP contribution >= 0.6 is 0 Å². The Morgan fingerprint density at radius 1 is 0.282 bits per heavy atom. The molecule has 71 heavy (non-hydrogen) atoms. The summed E-state index contributed by atoms with van der Waals surface area (Å²) in [5, 5.41) is 4.95. The van der Waals surface area contributed by atoms with Crippen molar-refractivity contribution >= 4 is 55.7 Å². The number of hydrogen-bond donors (Lipinski definition) is 0. The lowest BCUT2D eigenvalue weighted by molar-refractivity contribution is 0.752. The second-order valence-corrected chi connectivity index (χ2v) is 18.7. The first-order chi connectivity index (χ1) is 35.3. The molecule has 0 saturated carbocycles. The van der Waals surface area contributed by atoms with Gasteiger partial charge in [0.15, 0.2) is 0 Å². The summed E-state index contributed by atoms with van der Waals surface area (Å²) in [7, 11) is 0. The zero-order chi connectivity index (χ0) is 46.9. The lowest BCUT2D eigenvalue weighted by atomic mass is 9.64. The Bertz CT molecular complexity index is 3960. The fraction of sp³-hybridized carbons (Fsp3) is 0.0145. The van der Waals surface area contributed by atoms with Crippen molar-refractivity contribution in [1.82, 2.24) is 0 Å². The van der Waals surface area contributed by atoms with Crippen molar-refractivity contribution in [3.63, 3.8) is 0 Å². The molecule has 0 N–H and O–H groups in total. The van der Waals surface area contributed by atoms with Gasteiger partial charge in [-0.15, -0.1) is 0 Å². The van der Waals surface area contributed by atoms with Crippen LogP contribution in [0.3, 0.4) is 0 Å². The summed E-state index contributed by atoms with van der Waals surface area (Å²) in [4.78, 5) is 4.95. The van der Waals surface area contributed by atoms with Crippen LogP contribution in [-0.2, 0) is 5.41 Å². The fourth-order valence-electron chi connectivity index (χ4n) is 12.1. The van der Waals surface area contributed by atoms with Gasteiger partial charge in [-0.1, -0.05) is 224 Å². The van der Waals surface area contributed by atoms with Gasteiger partial charge >= 0.3 is 0 Å². The Hall–Kier alpha value is -9.24. The van der Waals surface area contributed by atoms with E-state index in [4.69, 9.17) is 0 Å². The summed E-state index contributed by atoms with van der Waals surface area (Å²) in [6.45, 7) is 0. The summed E-state index contributed by atoms with van der Waals surface area (Å²) in [5.74, 6) is 0. The molecule has 0 bridgehead atoms. The Kier molecular flexibility index (Phi) is 9.47. The van der Waals surface area contributed by atoms with Crippen molar-refractivity contribution in [2.24, 2.45) is 0 Å². The number of benzene rings is 12. The molecule has 1 spiro atoms. The standard InChI is InChI=1S/C69H46N2/c1-2-24-50(25-3-1)71-67-38-16-13-35-63(67)69(64-36-14-17-39-68(64)71)62-34-12-10-30-59(62)60-45-44-52(46-65(60)69)70(51-42-40-49(41-43-51)54-32-18-22-47-20-4-6-26-53(47)54)66-37-15-11-31-61(66)58-29-9-8-28-57(58)56-33-19-23-48-21-5-7-27-55(48)56/h1-46H. The summed E-state index contributed by atoms with van der Waals surface area (Å²) in [6, 6.07) is 103. The predicted octanol–water partition coefficient (Wildman–Crippen LogP) is 18.6. The second-order valence-electron chi connectivity index (χ2n) is 18.7. The lowest BCUT2D eigenvalue weighted by Gasteiger charge is -2.45. The Labute approximate surface area is 414 Å². The average molecular weight is 903 g/mol. The van der Waals surface area contributed by atoms with Crippen LogP contribution in [0.15, 0.2) is 279 Å². The molecule has 0 saturated heterocycles. The van der Waals surface area contributed by atoms with E-state index in [0.29, 0.717) is 0 Å². The molecule has 2 nitrogen and oxygen atoms in total. The first-order valence-electron chi connectivity index (χ1n) is 24.6. The molecule has 0 unspecified atom stereocenters. The van der Waals surface area contributed by atoms with Crippen LogP contribution in [0.2, 0.25) is 0 Å². The van der Waals surface area contributed by atoms with E-state index in [1.807, 2.05) is 0 Å². The molecule has 1 aliphatic heterocycles. The van der Waals surface area contributed by atoms with Crippen molar-refractivity contribution in [2.75, 3.05) is 9.80 Å². The highest BCUT2D eigenvalue weighted by atomic mass is 15.2. The minimum absolute atomic E-state index is 0.606. The summed E-state index contributed by atoms with van der Waals surface area (Å²) in [5.41, 5.74) is 20.9. The van der Waals surface area contributed by atoms with Crippen LogP contribution in [0.5, 0.6) is 0 Å². The van der Waals surface area contributed by atoms with Crippen molar-refractivity contribution in [1.29, 1.82) is 0 Å². The molecular formula is C69H46N2. The number of hydrogen-bond acceptors (Lipinski definition) is 2. The van der Waals surface area contributed by atoms with E-state index in [2.05, 4.69) is 289 Å². The fourth-order valence-corrected chi connectivity index (χ4v) is 12.1. The number of anilines is 6. The van der Waals surface area contributed by atoms with Gasteiger partial charge in [-0.3, -0.25) is 0 Å². The molecule has 0 amide bonds. The Morgan fingerprint density at radius 2 is 0.746 bits per heavy atom. The predicted molar refractivity (Wildman–Crippen MR) is 298 cm³/mol. The normalized spacial score (nSPS) is 12.9. The quantitative estimate of drug-likeness (QED) is 0.157. The lowest BCUT2D eigenvalue weighted by Crippen LogP contribution is -2.36. The van der Waals surface area contributed by atoms with Crippen LogP contribution in [0.25, 0.3) is 66.1 Å². The highest BCUT2D eigenvalue weighted by Gasteiger charge is 2.52. The van der Waals surface area contributed by atoms with E-state index in [9.17, 15) is 0 Å². The minimum atomic E-state index is -0.606. The number of fused-ring (bicyclic) bond motifs is 11. The third kappa shape index (κ3) is 6.28. The summed E-state index contributed by atoms with van der Waals surface area (Å²) >= 11 is 0. The van der Waals surface area contributed by atoms with Gasteiger partial charge < -0.3 is 9.80 Å². The van der Waals surface area contributed by atoms with E-state index in [-0.39, 0.29) is 0 Å². The minimum Gasteiger partial charge on any atom is -0.310 e. The number of rotatable bonds is 7. The van der Waals surface area contributed by atoms with Gasteiger partial charge in [0.05, 0.1) is 22.5 Å². The van der Waals surface area contributed by atoms with Crippen LogP contribution in [-0.4, -0.2) is 0 Å².